The maximum Gasteiger partial charge on any atom is 0.276 e. The van der Waals surface area contributed by atoms with Crippen molar-refractivity contribution in [2.24, 2.45) is 5.10 Å². The molecule has 120 valence electrons. The molecule has 0 fully saturated rings. The molecule has 0 saturated heterocycles. The van der Waals surface area contributed by atoms with Crippen LogP contribution in [0.2, 0.25) is 5.02 Å². The lowest BCUT2D eigenvalue weighted by Gasteiger charge is -2.21. The topological polar surface area (TPSA) is 32.7 Å². The fraction of sp³-hybridized carbons (Fsp3) is 0.111. The zero-order valence-electron chi connectivity index (χ0n) is 12.6. The molecule has 4 rings (SSSR count). The molecule has 1 aliphatic heterocycles. The highest BCUT2D eigenvalue weighted by molar-refractivity contribution is 7.10. The average molecular weight is 373 g/mol. The Hall–Kier alpha value is -1.95. The molecule has 1 amide bonds. The van der Waals surface area contributed by atoms with Gasteiger partial charge in [-0.15, -0.1) is 11.3 Å². The highest BCUT2D eigenvalue weighted by Crippen LogP contribution is 2.37. The molecule has 0 aliphatic carbocycles. The molecule has 1 aromatic carbocycles. The van der Waals surface area contributed by atoms with E-state index in [4.69, 9.17) is 11.6 Å². The third-order valence-corrected chi connectivity index (χ3v) is 5.94. The first-order valence-electron chi connectivity index (χ1n) is 7.45. The largest absolute Gasteiger partial charge is 0.276 e. The number of carbonyl (C=O) groups is 1. The number of hydrogen-bond donors (Lipinski definition) is 0. The van der Waals surface area contributed by atoms with Crippen molar-refractivity contribution in [2.75, 3.05) is 0 Å². The van der Waals surface area contributed by atoms with Crippen LogP contribution in [0.25, 0.3) is 0 Å². The van der Waals surface area contributed by atoms with Gasteiger partial charge in [-0.3, -0.25) is 4.79 Å². The lowest BCUT2D eigenvalue weighted by molar-refractivity contribution is 0.0714. The van der Waals surface area contributed by atoms with E-state index in [1.807, 2.05) is 41.1 Å². The summed E-state index contributed by atoms with van der Waals surface area (Å²) in [5.74, 6) is -0.163. The maximum atomic E-state index is 13.0. The van der Waals surface area contributed by atoms with Gasteiger partial charge in [-0.2, -0.15) is 16.4 Å². The van der Waals surface area contributed by atoms with Crippen LogP contribution in [0.15, 0.2) is 63.7 Å². The Kier molecular flexibility index (Phi) is 4.22. The Morgan fingerprint density at radius 1 is 1.17 bits per heavy atom. The van der Waals surface area contributed by atoms with Crippen LogP contribution < -0.4 is 0 Å². The molecule has 0 radical (unpaired) electrons. The molecule has 0 spiro atoms. The summed E-state index contributed by atoms with van der Waals surface area (Å²) in [6.45, 7) is 0. The van der Waals surface area contributed by atoms with Gasteiger partial charge >= 0.3 is 0 Å². The quantitative estimate of drug-likeness (QED) is 0.601. The van der Waals surface area contributed by atoms with Gasteiger partial charge < -0.3 is 0 Å². The molecule has 1 aliphatic rings. The molecule has 3 heterocycles. The first-order chi connectivity index (χ1) is 11.7. The predicted octanol–water partition coefficient (Wildman–Crippen LogP) is 5.45. The van der Waals surface area contributed by atoms with E-state index in [1.165, 1.54) is 0 Å². The highest BCUT2D eigenvalue weighted by atomic mass is 35.5. The third-order valence-electron chi connectivity index (χ3n) is 3.95. The van der Waals surface area contributed by atoms with E-state index in [-0.39, 0.29) is 11.9 Å². The van der Waals surface area contributed by atoms with E-state index in [0.717, 1.165) is 16.2 Å². The van der Waals surface area contributed by atoms with Crippen molar-refractivity contribution < 1.29 is 4.79 Å². The average Bonchev–Trinajstić information content (AvgIpc) is 3.33. The zero-order chi connectivity index (χ0) is 16.5. The summed E-state index contributed by atoms with van der Waals surface area (Å²) in [7, 11) is 0. The van der Waals surface area contributed by atoms with Crippen LogP contribution in [-0.2, 0) is 0 Å². The van der Waals surface area contributed by atoms with Crippen molar-refractivity contribution in [3.63, 3.8) is 0 Å². The normalized spacial score (nSPS) is 17.1. The van der Waals surface area contributed by atoms with Crippen LogP contribution in [0.5, 0.6) is 0 Å². The Morgan fingerprint density at radius 2 is 2.04 bits per heavy atom. The van der Waals surface area contributed by atoms with Crippen LogP contribution in [0, 0.1) is 0 Å². The molecule has 3 nitrogen and oxygen atoms in total. The predicted molar refractivity (Wildman–Crippen MR) is 100 cm³/mol. The fourth-order valence-electron chi connectivity index (χ4n) is 2.76. The summed E-state index contributed by atoms with van der Waals surface area (Å²) in [6.07, 6.45) is 0.716. The highest BCUT2D eigenvalue weighted by Gasteiger charge is 2.34. The molecule has 24 heavy (non-hydrogen) atoms. The van der Waals surface area contributed by atoms with E-state index < -0.39 is 0 Å². The standard InChI is InChI=1S/C18H13ClN2OS2/c19-14-5-2-1-4-13(14)18(22)21-16(17-6-3-8-24-17)10-15(20-21)12-7-9-23-11-12/h1-9,11,16H,10H2. The molecular formula is C18H13ClN2OS2. The summed E-state index contributed by atoms with van der Waals surface area (Å²) in [4.78, 5) is 14.2. The summed E-state index contributed by atoms with van der Waals surface area (Å²) >= 11 is 9.49. The van der Waals surface area contributed by atoms with Crippen molar-refractivity contribution >= 4 is 45.9 Å². The van der Waals surface area contributed by atoms with Crippen molar-refractivity contribution in [1.82, 2.24) is 5.01 Å². The van der Waals surface area contributed by atoms with Gasteiger partial charge in [0.2, 0.25) is 0 Å². The zero-order valence-corrected chi connectivity index (χ0v) is 14.9. The van der Waals surface area contributed by atoms with Gasteiger partial charge in [-0.05, 0) is 40.4 Å². The number of hydrazone groups is 1. The van der Waals surface area contributed by atoms with Crippen molar-refractivity contribution in [3.8, 4) is 0 Å². The van der Waals surface area contributed by atoms with Crippen LogP contribution in [0.1, 0.15) is 33.3 Å². The number of benzene rings is 1. The van der Waals surface area contributed by atoms with E-state index in [1.54, 1.807) is 39.8 Å². The number of rotatable bonds is 3. The molecule has 3 aromatic rings. The van der Waals surface area contributed by atoms with E-state index in [2.05, 4.69) is 10.5 Å². The minimum absolute atomic E-state index is 0.0799. The van der Waals surface area contributed by atoms with Gasteiger partial charge in [0.05, 0.1) is 22.3 Å². The molecule has 1 unspecified atom stereocenters. The molecule has 6 heteroatoms. The van der Waals surface area contributed by atoms with E-state index in [9.17, 15) is 4.79 Å². The van der Waals surface area contributed by atoms with Crippen LogP contribution in [-0.4, -0.2) is 16.6 Å². The summed E-state index contributed by atoms with van der Waals surface area (Å²) < 4.78 is 0. The first kappa shape index (κ1) is 15.6. The van der Waals surface area contributed by atoms with Crippen LogP contribution in [0.4, 0.5) is 0 Å². The number of nitrogens with zero attached hydrogens (tertiary/aromatic N) is 2. The summed E-state index contributed by atoms with van der Waals surface area (Å²) in [5.41, 5.74) is 2.50. The monoisotopic (exact) mass is 372 g/mol. The SMILES string of the molecule is O=C(c1ccccc1Cl)N1N=C(c2ccsc2)CC1c1cccs1. The number of thiophene rings is 2. The number of amides is 1. The molecular weight excluding hydrogens is 360 g/mol. The minimum Gasteiger partial charge on any atom is -0.267 e. The summed E-state index contributed by atoms with van der Waals surface area (Å²) in [6, 6.07) is 13.1. The molecule has 0 bridgehead atoms. The Balaban J connectivity index is 1.74. The van der Waals surface area contributed by atoms with Crippen molar-refractivity contribution in [1.29, 1.82) is 0 Å². The smallest absolute Gasteiger partial charge is 0.267 e. The van der Waals surface area contributed by atoms with E-state index in [0.29, 0.717) is 17.0 Å². The van der Waals surface area contributed by atoms with E-state index >= 15 is 0 Å². The molecule has 0 saturated carbocycles. The second kappa shape index (κ2) is 6.51. The van der Waals surface area contributed by atoms with Gasteiger partial charge in [-0.1, -0.05) is 29.8 Å². The molecule has 2 aromatic heterocycles. The summed E-state index contributed by atoms with van der Waals surface area (Å²) in [5, 5.41) is 12.8. The number of hydrogen-bond acceptors (Lipinski definition) is 4. The Morgan fingerprint density at radius 3 is 2.75 bits per heavy atom. The van der Waals surface area contributed by atoms with Crippen molar-refractivity contribution in [2.45, 2.75) is 12.5 Å². The van der Waals surface area contributed by atoms with Gasteiger partial charge in [0.1, 0.15) is 0 Å². The van der Waals surface area contributed by atoms with Crippen LogP contribution >= 0.6 is 34.3 Å². The number of carbonyl (C=O) groups excluding carboxylic acids is 1. The third kappa shape index (κ3) is 2.79. The molecule has 1 atom stereocenters. The van der Waals surface area contributed by atoms with Gasteiger partial charge in [-0.25, -0.2) is 5.01 Å². The van der Waals surface area contributed by atoms with Crippen LogP contribution in [0.3, 0.4) is 0 Å². The number of halogens is 1. The second-order valence-corrected chi connectivity index (χ2v) is 7.59. The van der Waals surface area contributed by atoms with Crippen molar-refractivity contribution in [3.05, 3.63) is 79.6 Å². The van der Waals surface area contributed by atoms with Gasteiger partial charge in [0.25, 0.3) is 5.91 Å². The lowest BCUT2D eigenvalue weighted by Crippen LogP contribution is -2.26. The molecule has 0 N–H and O–H groups in total. The maximum absolute atomic E-state index is 13.0. The van der Waals surface area contributed by atoms with Gasteiger partial charge in [0, 0.05) is 16.9 Å². The fourth-order valence-corrected chi connectivity index (χ4v) is 4.45. The lowest BCUT2D eigenvalue weighted by atomic mass is 10.1. The Labute approximate surface area is 152 Å². The van der Waals surface area contributed by atoms with Gasteiger partial charge in [0.15, 0.2) is 0 Å². The second-order valence-electron chi connectivity index (χ2n) is 5.42. The Bertz CT molecular complexity index is 888. The first-order valence-corrected chi connectivity index (χ1v) is 9.65. The minimum atomic E-state index is -0.163.